The highest BCUT2D eigenvalue weighted by atomic mass is 127. The average molecular weight is 423 g/mol. The Balaban J connectivity index is 2.31. The van der Waals surface area contributed by atoms with E-state index in [4.69, 9.17) is 41.2 Å². The monoisotopic (exact) mass is 422 g/mol. The topological polar surface area (TPSA) is 38.0 Å². The maximum absolute atomic E-state index is 6.20. The number of anilines is 2. The van der Waals surface area contributed by atoms with Gasteiger partial charge in [-0.25, -0.2) is 0 Å². The summed E-state index contributed by atoms with van der Waals surface area (Å²) in [7, 11) is 0. The van der Waals surface area contributed by atoms with Crippen molar-refractivity contribution in [3.05, 3.63) is 55.6 Å². The van der Waals surface area contributed by atoms with Gasteiger partial charge in [0.1, 0.15) is 4.99 Å². The molecule has 2 rings (SSSR count). The molecule has 0 spiro atoms. The maximum Gasteiger partial charge on any atom is 0.104 e. The van der Waals surface area contributed by atoms with E-state index in [9.17, 15) is 0 Å². The van der Waals surface area contributed by atoms with Gasteiger partial charge in [0.2, 0.25) is 0 Å². The Morgan fingerprint density at radius 3 is 2.37 bits per heavy atom. The lowest BCUT2D eigenvalue weighted by molar-refractivity contribution is 1.51. The number of nitrogens with one attached hydrogen (secondary N) is 1. The van der Waals surface area contributed by atoms with Gasteiger partial charge in [0, 0.05) is 14.2 Å². The predicted molar refractivity (Wildman–Crippen MR) is 94.8 cm³/mol. The van der Waals surface area contributed by atoms with Crippen molar-refractivity contribution in [2.45, 2.75) is 0 Å². The predicted octanol–water partition coefficient (Wildman–Crippen LogP) is 4.98. The van der Waals surface area contributed by atoms with Gasteiger partial charge in [-0.3, -0.25) is 0 Å². The summed E-state index contributed by atoms with van der Waals surface area (Å²) < 4.78 is 1.01. The fraction of sp³-hybridized carbons (Fsp3) is 0. The molecule has 0 aromatic heterocycles. The molecule has 0 atom stereocenters. The van der Waals surface area contributed by atoms with E-state index in [1.807, 2.05) is 30.3 Å². The van der Waals surface area contributed by atoms with E-state index >= 15 is 0 Å². The van der Waals surface area contributed by atoms with Crippen molar-refractivity contribution in [2.24, 2.45) is 5.73 Å². The van der Waals surface area contributed by atoms with Crippen LogP contribution in [0.15, 0.2) is 36.4 Å². The smallest absolute Gasteiger partial charge is 0.104 e. The first kappa shape index (κ1) is 14.8. The van der Waals surface area contributed by atoms with Crippen LogP contribution in [0.25, 0.3) is 0 Å². The summed E-state index contributed by atoms with van der Waals surface area (Å²) in [5.41, 5.74) is 8.04. The largest absolute Gasteiger partial charge is 0.389 e. The number of halogens is 3. The van der Waals surface area contributed by atoms with E-state index in [0.29, 0.717) is 15.0 Å². The number of benzene rings is 2. The van der Waals surface area contributed by atoms with Crippen LogP contribution >= 0.6 is 58.0 Å². The standard InChI is InChI=1S/C13H9Cl2IN2S/c14-8-2-4-12(10(16)6-8)18-11-3-1-7(13(17)19)5-9(11)15/h1-6,18H,(H2,17,19). The lowest BCUT2D eigenvalue weighted by Crippen LogP contribution is -2.09. The molecule has 0 aliphatic heterocycles. The molecule has 3 N–H and O–H groups in total. The van der Waals surface area contributed by atoms with Gasteiger partial charge in [0.05, 0.1) is 16.4 Å². The van der Waals surface area contributed by atoms with Crippen LogP contribution in [0.1, 0.15) is 5.56 Å². The quantitative estimate of drug-likeness (QED) is 0.541. The van der Waals surface area contributed by atoms with Gasteiger partial charge >= 0.3 is 0 Å². The van der Waals surface area contributed by atoms with E-state index in [1.165, 1.54) is 0 Å². The molecule has 0 aliphatic carbocycles. The number of nitrogens with two attached hydrogens (primary N) is 1. The van der Waals surface area contributed by atoms with E-state index in [1.54, 1.807) is 6.07 Å². The van der Waals surface area contributed by atoms with Gasteiger partial charge in [-0.2, -0.15) is 0 Å². The molecular formula is C13H9Cl2IN2S. The highest BCUT2D eigenvalue weighted by Crippen LogP contribution is 2.30. The first-order valence-corrected chi connectivity index (χ1v) is 7.53. The van der Waals surface area contributed by atoms with Crippen LogP contribution < -0.4 is 11.1 Å². The summed E-state index contributed by atoms with van der Waals surface area (Å²) in [6.45, 7) is 0. The summed E-state index contributed by atoms with van der Waals surface area (Å²) in [4.78, 5) is 0.328. The molecule has 0 amide bonds. The highest BCUT2D eigenvalue weighted by Gasteiger charge is 2.06. The third-order valence-electron chi connectivity index (χ3n) is 2.45. The Morgan fingerprint density at radius 2 is 1.79 bits per heavy atom. The Labute approximate surface area is 140 Å². The second kappa shape index (κ2) is 6.26. The zero-order chi connectivity index (χ0) is 14.0. The Kier molecular flexibility index (Phi) is 4.89. The molecule has 0 bridgehead atoms. The molecule has 19 heavy (non-hydrogen) atoms. The SMILES string of the molecule is NC(=S)c1ccc(Nc2ccc(Cl)cc2I)c(Cl)c1. The lowest BCUT2D eigenvalue weighted by atomic mass is 10.2. The number of thiocarbonyl (C=S) groups is 1. The van der Waals surface area contributed by atoms with E-state index in [2.05, 4.69) is 27.9 Å². The second-order valence-electron chi connectivity index (χ2n) is 3.81. The van der Waals surface area contributed by atoms with Crippen LogP contribution in [0.3, 0.4) is 0 Å². The Bertz CT molecular complexity index is 647. The van der Waals surface area contributed by atoms with Crippen LogP contribution in [0.5, 0.6) is 0 Å². The van der Waals surface area contributed by atoms with Crippen molar-refractivity contribution in [1.29, 1.82) is 0 Å². The highest BCUT2D eigenvalue weighted by molar-refractivity contribution is 14.1. The van der Waals surface area contributed by atoms with Crippen molar-refractivity contribution in [3.63, 3.8) is 0 Å². The molecule has 2 aromatic carbocycles. The van der Waals surface area contributed by atoms with E-state index in [-0.39, 0.29) is 0 Å². The Morgan fingerprint density at radius 1 is 1.11 bits per heavy atom. The molecule has 0 aliphatic rings. The van der Waals surface area contributed by atoms with Crippen LogP contribution in [0, 0.1) is 3.57 Å². The average Bonchev–Trinajstić information content (AvgIpc) is 2.34. The van der Waals surface area contributed by atoms with Crippen LogP contribution in [-0.2, 0) is 0 Å². The summed E-state index contributed by atoms with van der Waals surface area (Å²) in [6.07, 6.45) is 0. The third kappa shape index (κ3) is 3.72. The molecule has 0 fully saturated rings. The third-order valence-corrected chi connectivity index (χ3v) is 4.13. The number of rotatable bonds is 3. The molecule has 0 heterocycles. The number of hydrogen-bond donors (Lipinski definition) is 2. The van der Waals surface area contributed by atoms with Crippen molar-refractivity contribution in [3.8, 4) is 0 Å². The van der Waals surface area contributed by atoms with Crippen molar-refractivity contribution >= 4 is 74.4 Å². The molecule has 6 heteroatoms. The van der Waals surface area contributed by atoms with Gasteiger partial charge in [-0.1, -0.05) is 35.4 Å². The van der Waals surface area contributed by atoms with Crippen molar-refractivity contribution < 1.29 is 0 Å². The van der Waals surface area contributed by atoms with Crippen molar-refractivity contribution in [2.75, 3.05) is 5.32 Å². The summed E-state index contributed by atoms with van der Waals surface area (Å²) in [5.74, 6) is 0. The molecule has 2 aromatic rings. The first-order chi connectivity index (χ1) is 8.97. The molecule has 0 saturated carbocycles. The zero-order valence-electron chi connectivity index (χ0n) is 9.58. The molecular weight excluding hydrogens is 414 g/mol. The second-order valence-corrected chi connectivity index (χ2v) is 6.25. The summed E-state index contributed by atoms with van der Waals surface area (Å²) in [6, 6.07) is 11.0. The molecule has 98 valence electrons. The van der Waals surface area contributed by atoms with Crippen LogP contribution in [-0.4, -0.2) is 4.99 Å². The van der Waals surface area contributed by atoms with E-state index < -0.39 is 0 Å². The molecule has 0 radical (unpaired) electrons. The van der Waals surface area contributed by atoms with E-state index in [0.717, 1.165) is 20.5 Å². The molecule has 0 saturated heterocycles. The normalized spacial score (nSPS) is 10.3. The van der Waals surface area contributed by atoms with Gasteiger partial charge in [-0.05, 0) is 59.0 Å². The zero-order valence-corrected chi connectivity index (χ0v) is 14.1. The van der Waals surface area contributed by atoms with Gasteiger partial charge < -0.3 is 11.1 Å². The lowest BCUT2D eigenvalue weighted by Gasteiger charge is -2.11. The maximum atomic E-state index is 6.20. The number of hydrogen-bond acceptors (Lipinski definition) is 2. The van der Waals surface area contributed by atoms with Crippen molar-refractivity contribution in [1.82, 2.24) is 0 Å². The summed E-state index contributed by atoms with van der Waals surface area (Å²) in [5, 5.41) is 4.52. The van der Waals surface area contributed by atoms with Crippen LogP contribution in [0.4, 0.5) is 11.4 Å². The minimum atomic E-state index is 0.328. The van der Waals surface area contributed by atoms with Gasteiger partial charge in [0.25, 0.3) is 0 Å². The fourth-order valence-corrected chi connectivity index (χ4v) is 2.87. The molecule has 0 unspecified atom stereocenters. The fourth-order valence-electron chi connectivity index (χ4n) is 1.51. The Hall–Kier alpha value is -0.560. The first-order valence-electron chi connectivity index (χ1n) is 5.29. The minimum Gasteiger partial charge on any atom is -0.389 e. The van der Waals surface area contributed by atoms with Gasteiger partial charge in [0.15, 0.2) is 0 Å². The molecule has 2 nitrogen and oxygen atoms in total. The minimum absolute atomic E-state index is 0.328. The van der Waals surface area contributed by atoms with Gasteiger partial charge in [-0.15, -0.1) is 0 Å². The van der Waals surface area contributed by atoms with Crippen LogP contribution in [0.2, 0.25) is 10.0 Å². The summed E-state index contributed by atoms with van der Waals surface area (Å²) >= 11 is 19.2.